The van der Waals surface area contributed by atoms with Crippen LogP contribution in [0.1, 0.15) is 5.56 Å². The summed E-state index contributed by atoms with van der Waals surface area (Å²) in [4.78, 5) is 2.39. The van der Waals surface area contributed by atoms with Crippen molar-refractivity contribution in [2.45, 2.75) is 6.92 Å². The zero-order chi connectivity index (χ0) is 11.0. The van der Waals surface area contributed by atoms with E-state index in [4.69, 9.17) is 4.74 Å². The van der Waals surface area contributed by atoms with Gasteiger partial charge in [0.2, 0.25) is 0 Å². The molecule has 0 amide bonds. The Morgan fingerprint density at radius 3 is 2.94 bits per heavy atom. The van der Waals surface area contributed by atoms with Crippen molar-refractivity contribution >= 4 is 27.1 Å². The molecule has 0 aliphatic carbocycles. The van der Waals surface area contributed by atoms with Crippen LogP contribution in [0.2, 0.25) is 0 Å². The summed E-state index contributed by atoms with van der Waals surface area (Å²) in [7, 11) is 0. The lowest BCUT2D eigenvalue weighted by atomic mass is 10.1. The van der Waals surface area contributed by atoms with Crippen molar-refractivity contribution < 1.29 is 4.74 Å². The molecule has 2 aromatic rings. The Bertz CT molecular complexity index is 500. The Balaban J connectivity index is 1.99. The Kier molecular flexibility index (Phi) is 2.58. The summed E-state index contributed by atoms with van der Waals surface area (Å²) < 4.78 is 6.70. The van der Waals surface area contributed by atoms with Gasteiger partial charge in [-0.05, 0) is 36.1 Å². The summed E-state index contributed by atoms with van der Waals surface area (Å²) in [5, 5.41) is 4.65. The van der Waals surface area contributed by atoms with E-state index >= 15 is 0 Å². The molecule has 83 valence electrons. The molecular weight excluding hydrogens is 218 g/mol. The first-order valence-corrected chi connectivity index (χ1v) is 6.40. The molecule has 0 atom stereocenters. The van der Waals surface area contributed by atoms with Gasteiger partial charge in [-0.1, -0.05) is 0 Å². The number of thiophene rings is 1. The molecule has 0 unspecified atom stereocenters. The van der Waals surface area contributed by atoms with Crippen LogP contribution in [-0.2, 0) is 4.74 Å². The lowest BCUT2D eigenvalue weighted by Crippen LogP contribution is -2.36. The van der Waals surface area contributed by atoms with Gasteiger partial charge < -0.3 is 9.64 Å². The van der Waals surface area contributed by atoms with Gasteiger partial charge in [-0.15, -0.1) is 11.3 Å². The summed E-state index contributed by atoms with van der Waals surface area (Å²) in [5.74, 6) is 0. The standard InChI is InChI=1S/C13H14NOS/c1-10-9-16-13-3-2-11(8-12(10)13)14-4-6-15-7-5-14/h2-3,8H,4-7H2,1H3. The molecule has 2 heterocycles. The average Bonchev–Trinajstić information content (AvgIpc) is 2.72. The molecule has 1 fully saturated rings. The number of rotatable bonds is 1. The van der Waals surface area contributed by atoms with E-state index in [0.29, 0.717) is 0 Å². The Morgan fingerprint density at radius 1 is 1.31 bits per heavy atom. The number of nitrogens with zero attached hydrogens (tertiary/aromatic N) is 1. The maximum Gasteiger partial charge on any atom is 0.0642 e. The summed E-state index contributed by atoms with van der Waals surface area (Å²) >= 11 is 1.70. The Morgan fingerprint density at radius 2 is 2.12 bits per heavy atom. The van der Waals surface area contributed by atoms with Crippen LogP contribution in [0.25, 0.3) is 10.1 Å². The largest absolute Gasteiger partial charge is 0.378 e. The molecule has 1 aliphatic rings. The minimum Gasteiger partial charge on any atom is -0.378 e. The summed E-state index contributed by atoms with van der Waals surface area (Å²) in [5.41, 5.74) is 2.57. The van der Waals surface area contributed by atoms with E-state index in [2.05, 4.69) is 35.4 Å². The molecule has 0 saturated carbocycles. The van der Waals surface area contributed by atoms with Gasteiger partial charge in [0.15, 0.2) is 0 Å². The topological polar surface area (TPSA) is 12.5 Å². The van der Waals surface area contributed by atoms with Gasteiger partial charge in [0.1, 0.15) is 0 Å². The normalized spacial score (nSPS) is 16.9. The molecule has 0 spiro atoms. The lowest BCUT2D eigenvalue weighted by Gasteiger charge is -2.28. The predicted octanol–water partition coefficient (Wildman–Crippen LogP) is 2.85. The molecular formula is C13H14NOS. The summed E-state index contributed by atoms with van der Waals surface area (Å²) in [6.45, 7) is 5.80. The zero-order valence-electron chi connectivity index (χ0n) is 9.32. The van der Waals surface area contributed by atoms with Crippen LogP contribution in [0.4, 0.5) is 5.69 Å². The number of anilines is 1. The number of benzene rings is 1. The first-order valence-electron chi connectivity index (χ1n) is 5.58. The van der Waals surface area contributed by atoms with Crippen molar-refractivity contribution in [1.29, 1.82) is 0 Å². The number of fused-ring (bicyclic) bond motifs is 1. The molecule has 1 aliphatic heterocycles. The summed E-state index contributed by atoms with van der Waals surface area (Å²) in [6.07, 6.45) is 0. The molecule has 3 rings (SSSR count). The van der Waals surface area contributed by atoms with Gasteiger partial charge >= 0.3 is 0 Å². The summed E-state index contributed by atoms with van der Waals surface area (Å²) in [6, 6.07) is 6.69. The van der Waals surface area contributed by atoms with Crippen molar-refractivity contribution in [3.05, 3.63) is 29.1 Å². The van der Waals surface area contributed by atoms with Gasteiger partial charge in [0.25, 0.3) is 0 Å². The van der Waals surface area contributed by atoms with Crippen LogP contribution in [0, 0.1) is 12.3 Å². The fraction of sp³-hybridized carbons (Fsp3) is 0.385. The number of ether oxygens (including phenoxy) is 1. The quantitative estimate of drug-likeness (QED) is 0.749. The lowest BCUT2D eigenvalue weighted by molar-refractivity contribution is 0.122. The maximum atomic E-state index is 5.37. The monoisotopic (exact) mass is 232 g/mol. The number of morpholine rings is 1. The highest BCUT2D eigenvalue weighted by Gasteiger charge is 2.12. The van der Waals surface area contributed by atoms with Crippen LogP contribution in [0.3, 0.4) is 0 Å². The average molecular weight is 232 g/mol. The zero-order valence-corrected chi connectivity index (χ0v) is 10.1. The number of aryl methyl sites for hydroxylation is 1. The SMILES string of the molecule is Cc1[c]sc2ccc(N3CCOCC3)cc12. The molecule has 2 nitrogen and oxygen atoms in total. The van der Waals surface area contributed by atoms with Gasteiger partial charge in [-0.25, -0.2) is 0 Å². The fourth-order valence-corrected chi connectivity index (χ4v) is 2.94. The number of hydrogen-bond donors (Lipinski definition) is 0. The van der Waals surface area contributed by atoms with Gasteiger partial charge in [-0.2, -0.15) is 0 Å². The van der Waals surface area contributed by atoms with E-state index in [1.54, 1.807) is 11.3 Å². The van der Waals surface area contributed by atoms with Crippen LogP contribution in [0.15, 0.2) is 18.2 Å². The predicted molar refractivity (Wildman–Crippen MR) is 68.4 cm³/mol. The third kappa shape index (κ3) is 1.70. The first kappa shape index (κ1) is 10.1. The van der Waals surface area contributed by atoms with Crippen molar-refractivity contribution in [3.63, 3.8) is 0 Å². The van der Waals surface area contributed by atoms with Crippen molar-refractivity contribution in [2.75, 3.05) is 31.2 Å². The van der Waals surface area contributed by atoms with Crippen molar-refractivity contribution in [3.8, 4) is 0 Å². The molecule has 3 heteroatoms. The second kappa shape index (κ2) is 4.07. The molecule has 1 aromatic heterocycles. The van der Waals surface area contributed by atoms with Crippen LogP contribution < -0.4 is 4.90 Å². The minimum absolute atomic E-state index is 0.840. The van der Waals surface area contributed by atoms with E-state index in [9.17, 15) is 0 Å². The first-order chi connectivity index (χ1) is 7.84. The second-order valence-corrected chi connectivity index (χ2v) is 4.96. The van der Waals surface area contributed by atoms with Crippen LogP contribution in [0.5, 0.6) is 0 Å². The third-order valence-corrected chi connectivity index (χ3v) is 4.04. The Hall–Kier alpha value is -1.06. The maximum absolute atomic E-state index is 5.37. The molecule has 0 N–H and O–H groups in total. The molecule has 1 radical (unpaired) electrons. The van der Waals surface area contributed by atoms with Gasteiger partial charge in [0, 0.05) is 28.9 Å². The second-order valence-electron chi connectivity index (χ2n) is 4.11. The smallest absolute Gasteiger partial charge is 0.0642 e. The van der Waals surface area contributed by atoms with Gasteiger partial charge in [-0.3, -0.25) is 0 Å². The van der Waals surface area contributed by atoms with E-state index in [1.165, 1.54) is 21.3 Å². The molecule has 1 aromatic carbocycles. The van der Waals surface area contributed by atoms with Crippen molar-refractivity contribution in [1.82, 2.24) is 0 Å². The highest BCUT2D eigenvalue weighted by Crippen LogP contribution is 2.29. The Labute approximate surface area is 99.4 Å². The highest BCUT2D eigenvalue weighted by atomic mass is 32.1. The van der Waals surface area contributed by atoms with E-state index in [0.717, 1.165) is 26.3 Å². The van der Waals surface area contributed by atoms with E-state index in [1.807, 2.05) is 0 Å². The van der Waals surface area contributed by atoms with E-state index in [-0.39, 0.29) is 0 Å². The number of hydrogen-bond acceptors (Lipinski definition) is 3. The third-order valence-electron chi connectivity index (χ3n) is 3.06. The van der Waals surface area contributed by atoms with Crippen molar-refractivity contribution in [2.24, 2.45) is 0 Å². The van der Waals surface area contributed by atoms with Crippen LogP contribution >= 0.6 is 11.3 Å². The van der Waals surface area contributed by atoms with E-state index < -0.39 is 0 Å². The molecule has 16 heavy (non-hydrogen) atoms. The minimum atomic E-state index is 0.840. The molecule has 0 bridgehead atoms. The molecule has 1 saturated heterocycles. The van der Waals surface area contributed by atoms with Gasteiger partial charge in [0.05, 0.1) is 13.2 Å². The highest BCUT2D eigenvalue weighted by molar-refractivity contribution is 7.16. The van der Waals surface area contributed by atoms with Crippen LogP contribution in [-0.4, -0.2) is 26.3 Å². The fourth-order valence-electron chi connectivity index (χ4n) is 2.10.